The zero-order valence-electron chi connectivity index (χ0n) is 13.3. The van der Waals surface area contributed by atoms with Crippen LogP contribution in [0, 0.1) is 13.8 Å². The van der Waals surface area contributed by atoms with Crippen LogP contribution in [-0.2, 0) is 34.8 Å². The summed E-state index contributed by atoms with van der Waals surface area (Å²) in [7, 11) is -1.66. The maximum absolute atomic E-state index is 12.5. The van der Waals surface area contributed by atoms with E-state index in [-0.39, 0.29) is 23.8 Å². The third kappa shape index (κ3) is 2.89. The lowest BCUT2D eigenvalue weighted by Crippen LogP contribution is -2.23. The number of benzene rings is 1. The zero-order chi connectivity index (χ0) is 16.8. The van der Waals surface area contributed by atoms with E-state index < -0.39 is 10.0 Å². The molecule has 1 aliphatic heterocycles. The summed E-state index contributed by atoms with van der Waals surface area (Å²) in [4.78, 5) is 11.5. The van der Waals surface area contributed by atoms with Crippen molar-refractivity contribution in [3.8, 4) is 0 Å². The van der Waals surface area contributed by atoms with Gasteiger partial charge in [-0.2, -0.15) is 0 Å². The highest BCUT2D eigenvalue weighted by Crippen LogP contribution is 2.26. The molecule has 1 amide bonds. The van der Waals surface area contributed by atoms with Gasteiger partial charge in [0.1, 0.15) is 0 Å². The Bertz CT molecular complexity index is 898. The molecule has 1 aliphatic rings. The van der Waals surface area contributed by atoms with Gasteiger partial charge in [-0.25, -0.2) is 13.1 Å². The van der Waals surface area contributed by atoms with E-state index in [4.69, 9.17) is 0 Å². The van der Waals surface area contributed by atoms with E-state index in [9.17, 15) is 13.2 Å². The lowest BCUT2D eigenvalue weighted by Gasteiger charge is -2.08. The Labute approximate surface area is 135 Å². The molecule has 0 fully saturated rings. The number of anilines is 1. The molecule has 2 N–H and O–H groups in total. The van der Waals surface area contributed by atoms with Crippen LogP contribution >= 0.6 is 0 Å². The van der Waals surface area contributed by atoms with Gasteiger partial charge in [0.15, 0.2) is 0 Å². The van der Waals surface area contributed by atoms with E-state index in [2.05, 4.69) is 10.0 Å². The molecular weight excluding hydrogens is 314 g/mol. The molecule has 0 aliphatic carbocycles. The van der Waals surface area contributed by atoms with Gasteiger partial charge >= 0.3 is 0 Å². The van der Waals surface area contributed by atoms with E-state index in [1.165, 1.54) is 6.07 Å². The molecule has 1 aromatic carbocycles. The van der Waals surface area contributed by atoms with Crippen molar-refractivity contribution in [3.63, 3.8) is 0 Å². The van der Waals surface area contributed by atoms with Gasteiger partial charge in [0, 0.05) is 30.7 Å². The minimum Gasteiger partial charge on any atom is -0.352 e. The standard InChI is InChI=1S/C16H19N3O3S/c1-10-6-13(11(2)19(10)3)9-17-23(21,22)14-4-5-15-12(7-14)8-16(20)18-15/h4-7,17H,8-9H2,1-3H3,(H,18,20). The third-order valence-electron chi connectivity index (χ3n) is 4.34. The van der Waals surface area contributed by atoms with Gasteiger partial charge < -0.3 is 9.88 Å². The largest absolute Gasteiger partial charge is 0.352 e. The second-order valence-electron chi connectivity index (χ2n) is 5.82. The van der Waals surface area contributed by atoms with Gasteiger partial charge in [0.05, 0.1) is 11.3 Å². The summed E-state index contributed by atoms with van der Waals surface area (Å²) in [6, 6.07) is 6.67. The monoisotopic (exact) mass is 333 g/mol. The summed E-state index contributed by atoms with van der Waals surface area (Å²) in [6.07, 6.45) is 0.218. The summed E-state index contributed by atoms with van der Waals surface area (Å²) >= 11 is 0. The second-order valence-corrected chi connectivity index (χ2v) is 7.59. The van der Waals surface area contributed by atoms with Gasteiger partial charge in [-0.15, -0.1) is 0 Å². The SMILES string of the molecule is Cc1cc(CNS(=O)(=O)c2ccc3c(c2)CC(=O)N3)c(C)n1C. The number of amides is 1. The van der Waals surface area contributed by atoms with E-state index in [1.54, 1.807) is 12.1 Å². The third-order valence-corrected chi connectivity index (χ3v) is 5.74. The Morgan fingerprint density at radius 2 is 2.00 bits per heavy atom. The van der Waals surface area contributed by atoms with E-state index in [1.807, 2.05) is 31.5 Å². The van der Waals surface area contributed by atoms with Crippen LogP contribution in [0.15, 0.2) is 29.2 Å². The van der Waals surface area contributed by atoms with Crippen LogP contribution in [0.3, 0.4) is 0 Å². The normalized spacial score (nSPS) is 14.0. The number of nitrogens with zero attached hydrogens (tertiary/aromatic N) is 1. The topological polar surface area (TPSA) is 80.2 Å². The van der Waals surface area contributed by atoms with Crippen LogP contribution in [-0.4, -0.2) is 18.9 Å². The van der Waals surface area contributed by atoms with Crippen molar-refractivity contribution < 1.29 is 13.2 Å². The summed E-state index contributed by atoms with van der Waals surface area (Å²) in [6.45, 7) is 4.18. The number of fused-ring (bicyclic) bond motifs is 1. The predicted molar refractivity (Wildman–Crippen MR) is 87.7 cm³/mol. The molecule has 6 nitrogen and oxygen atoms in total. The molecule has 3 rings (SSSR count). The van der Waals surface area contributed by atoms with Crippen molar-refractivity contribution >= 4 is 21.6 Å². The van der Waals surface area contributed by atoms with Crippen molar-refractivity contribution in [2.75, 3.05) is 5.32 Å². The molecule has 0 spiro atoms. The van der Waals surface area contributed by atoms with Crippen molar-refractivity contribution in [1.29, 1.82) is 0 Å². The van der Waals surface area contributed by atoms with Gasteiger partial charge in [-0.1, -0.05) is 0 Å². The summed E-state index contributed by atoms with van der Waals surface area (Å²) in [5.41, 5.74) is 4.47. The van der Waals surface area contributed by atoms with Crippen LogP contribution in [0.5, 0.6) is 0 Å². The molecule has 2 aromatic rings. The van der Waals surface area contributed by atoms with Gasteiger partial charge in [0.25, 0.3) is 0 Å². The van der Waals surface area contributed by atoms with Crippen molar-refractivity contribution in [2.45, 2.75) is 31.7 Å². The summed E-state index contributed by atoms with van der Waals surface area (Å²) in [5.74, 6) is -0.113. The first-order chi connectivity index (χ1) is 10.8. The van der Waals surface area contributed by atoms with E-state index >= 15 is 0 Å². The minimum absolute atomic E-state index is 0.113. The fourth-order valence-electron chi connectivity index (χ4n) is 2.74. The van der Waals surface area contributed by atoms with E-state index in [0.29, 0.717) is 11.3 Å². The predicted octanol–water partition coefficient (Wildman–Crippen LogP) is 1.62. The van der Waals surface area contributed by atoms with Crippen molar-refractivity contribution in [2.24, 2.45) is 7.05 Å². The molecule has 7 heteroatoms. The smallest absolute Gasteiger partial charge is 0.240 e. The number of carbonyl (C=O) groups excluding carboxylic acids is 1. The van der Waals surface area contributed by atoms with Crippen LogP contribution in [0.1, 0.15) is 22.5 Å². The molecule has 0 saturated heterocycles. The Hall–Kier alpha value is -2.12. The molecule has 23 heavy (non-hydrogen) atoms. The first-order valence-electron chi connectivity index (χ1n) is 7.32. The lowest BCUT2D eigenvalue weighted by atomic mass is 10.2. The molecule has 0 unspecified atom stereocenters. The van der Waals surface area contributed by atoms with E-state index in [0.717, 1.165) is 17.0 Å². The maximum atomic E-state index is 12.5. The number of aromatic nitrogens is 1. The molecule has 122 valence electrons. The minimum atomic E-state index is -3.62. The summed E-state index contributed by atoms with van der Waals surface area (Å²) < 4.78 is 29.6. The van der Waals surface area contributed by atoms with Gasteiger partial charge in [0.2, 0.25) is 15.9 Å². The first-order valence-corrected chi connectivity index (χ1v) is 8.80. The van der Waals surface area contributed by atoms with Crippen molar-refractivity contribution in [1.82, 2.24) is 9.29 Å². The Morgan fingerprint density at radius 3 is 2.65 bits per heavy atom. The quantitative estimate of drug-likeness (QED) is 0.892. The van der Waals surface area contributed by atoms with Crippen LogP contribution < -0.4 is 10.0 Å². The molecule has 0 saturated carbocycles. The number of sulfonamides is 1. The maximum Gasteiger partial charge on any atom is 0.240 e. The fraction of sp³-hybridized carbons (Fsp3) is 0.312. The number of carbonyl (C=O) groups is 1. The van der Waals surface area contributed by atoms with Crippen molar-refractivity contribution in [3.05, 3.63) is 46.8 Å². The highest BCUT2D eigenvalue weighted by atomic mass is 32.2. The number of hydrogen-bond donors (Lipinski definition) is 2. The van der Waals surface area contributed by atoms with Crippen LogP contribution in [0.4, 0.5) is 5.69 Å². The lowest BCUT2D eigenvalue weighted by molar-refractivity contribution is -0.115. The van der Waals surface area contributed by atoms with Crippen LogP contribution in [0.25, 0.3) is 0 Å². The van der Waals surface area contributed by atoms with Gasteiger partial charge in [-0.3, -0.25) is 4.79 Å². The van der Waals surface area contributed by atoms with Gasteiger partial charge in [-0.05, 0) is 49.2 Å². The number of hydrogen-bond acceptors (Lipinski definition) is 3. The zero-order valence-corrected chi connectivity index (χ0v) is 14.1. The molecule has 0 bridgehead atoms. The number of aryl methyl sites for hydroxylation is 1. The molecule has 1 aromatic heterocycles. The Kier molecular flexibility index (Phi) is 3.77. The second kappa shape index (κ2) is 5.50. The van der Waals surface area contributed by atoms with Crippen LogP contribution in [0.2, 0.25) is 0 Å². The highest BCUT2D eigenvalue weighted by Gasteiger charge is 2.22. The summed E-state index contributed by atoms with van der Waals surface area (Å²) in [5, 5.41) is 2.69. The molecule has 0 atom stereocenters. The fourth-order valence-corrected chi connectivity index (χ4v) is 3.80. The average molecular weight is 333 g/mol. The molecule has 2 heterocycles. The highest BCUT2D eigenvalue weighted by molar-refractivity contribution is 7.89. The Morgan fingerprint density at radius 1 is 1.26 bits per heavy atom. The molecule has 0 radical (unpaired) electrons. The number of rotatable bonds is 4. The number of nitrogens with one attached hydrogen (secondary N) is 2. The first kappa shape index (κ1) is 15.8. The average Bonchev–Trinajstić information content (AvgIpc) is 2.98. The Balaban J connectivity index is 1.81. The molecular formula is C16H19N3O3S.